The number of carbonyl (C=O) groups is 1. The molecule has 2 N–H and O–H groups in total. The maximum Gasteiger partial charge on any atom is 0.269 e. The Bertz CT molecular complexity index is 1110. The standard InChI is InChI=1S/C25H29ClN6O/c1-16-19-5-3-4-6-20(19)30-24(28-16)17-7-8-18(15-17)31-11-13-32(14-12-31)22-10-9-21(25(33)27-2)29-23(22)26/h3-6,9-10,17-18H,1,7-8,11-15H2,2H3,(H,27,33)(H,28,30)/t17-,18+/m1/s1. The monoisotopic (exact) mass is 464 g/mol. The summed E-state index contributed by atoms with van der Waals surface area (Å²) in [6.45, 7) is 7.97. The number of carbonyl (C=O) groups excluding carboxylic acids is 1. The number of rotatable bonds is 4. The van der Waals surface area contributed by atoms with E-state index in [1.807, 2.05) is 18.2 Å². The van der Waals surface area contributed by atoms with Crippen molar-refractivity contribution in [3.63, 3.8) is 0 Å². The molecule has 7 nitrogen and oxygen atoms in total. The molecule has 1 aromatic carbocycles. The molecule has 1 aliphatic carbocycles. The van der Waals surface area contributed by atoms with Crippen molar-refractivity contribution in [1.82, 2.24) is 20.5 Å². The zero-order chi connectivity index (χ0) is 22.9. The van der Waals surface area contributed by atoms with Gasteiger partial charge < -0.3 is 15.5 Å². The zero-order valence-electron chi connectivity index (χ0n) is 18.9. The third-order valence-corrected chi connectivity index (χ3v) is 7.28. The number of anilines is 1. The molecule has 2 aromatic rings. The van der Waals surface area contributed by atoms with Crippen LogP contribution in [0.15, 0.2) is 48.0 Å². The zero-order valence-corrected chi connectivity index (χ0v) is 19.6. The lowest BCUT2D eigenvalue weighted by molar-refractivity contribution is 0.0958. The van der Waals surface area contributed by atoms with E-state index in [9.17, 15) is 4.79 Å². The van der Waals surface area contributed by atoms with E-state index in [2.05, 4.69) is 44.1 Å². The molecule has 0 bridgehead atoms. The van der Waals surface area contributed by atoms with Crippen LogP contribution in [-0.2, 0) is 0 Å². The highest BCUT2D eigenvalue weighted by atomic mass is 35.5. The van der Waals surface area contributed by atoms with Crippen LogP contribution in [0.1, 0.15) is 35.3 Å². The van der Waals surface area contributed by atoms with E-state index in [0.29, 0.717) is 22.8 Å². The maximum absolute atomic E-state index is 11.8. The molecule has 0 spiro atoms. The number of hydrogen-bond acceptors (Lipinski definition) is 6. The van der Waals surface area contributed by atoms with E-state index in [0.717, 1.165) is 67.5 Å². The summed E-state index contributed by atoms with van der Waals surface area (Å²) in [4.78, 5) is 25.8. The number of aliphatic imine (C=N–C) groups is 1. The Morgan fingerprint density at radius 1 is 1.15 bits per heavy atom. The molecule has 5 rings (SSSR count). The highest BCUT2D eigenvalue weighted by Gasteiger charge is 2.35. The van der Waals surface area contributed by atoms with Gasteiger partial charge in [0.1, 0.15) is 11.5 Å². The average molecular weight is 465 g/mol. The first-order chi connectivity index (χ1) is 16.0. The quantitative estimate of drug-likeness (QED) is 0.675. The van der Waals surface area contributed by atoms with Crippen molar-refractivity contribution >= 4 is 40.4 Å². The lowest BCUT2D eigenvalue weighted by Crippen LogP contribution is -2.50. The van der Waals surface area contributed by atoms with Gasteiger partial charge in [0, 0.05) is 56.4 Å². The van der Waals surface area contributed by atoms with Gasteiger partial charge in [-0.25, -0.2) is 9.98 Å². The number of pyridine rings is 1. The topological polar surface area (TPSA) is 72.9 Å². The molecule has 172 valence electrons. The lowest BCUT2D eigenvalue weighted by Gasteiger charge is -2.39. The number of para-hydroxylation sites is 1. The molecule has 1 amide bonds. The Morgan fingerprint density at radius 3 is 2.70 bits per heavy atom. The normalized spacial score (nSPS) is 23.0. The van der Waals surface area contributed by atoms with Crippen LogP contribution in [0.5, 0.6) is 0 Å². The Hall–Kier alpha value is -2.90. The second-order valence-corrected chi connectivity index (χ2v) is 9.25. The number of halogens is 1. The molecule has 2 aliphatic heterocycles. The molecule has 2 atom stereocenters. The predicted molar refractivity (Wildman–Crippen MR) is 133 cm³/mol. The summed E-state index contributed by atoms with van der Waals surface area (Å²) in [5.74, 6) is 1.27. The van der Waals surface area contributed by atoms with Gasteiger partial charge in [0.05, 0.1) is 11.4 Å². The van der Waals surface area contributed by atoms with E-state index < -0.39 is 0 Å². The van der Waals surface area contributed by atoms with E-state index in [4.69, 9.17) is 16.6 Å². The molecule has 33 heavy (non-hydrogen) atoms. The van der Waals surface area contributed by atoms with Crippen LogP contribution in [0.25, 0.3) is 5.70 Å². The number of aromatic nitrogens is 1. The van der Waals surface area contributed by atoms with Crippen LogP contribution in [0.2, 0.25) is 5.15 Å². The van der Waals surface area contributed by atoms with Crippen LogP contribution in [0.3, 0.4) is 0 Å². The molecule has 8 heteroatoms. The van der Waals surface area contributed by atoms with Gasteiger partial charge in [0.25, 0.3) is 5.91 Å². The summed E-state index contributed by atoms with van der Waals surface area (Å²) < 4.78 is 0. The first-order valence-electron chi connectivity index (χ1n) is 11.5. The molecular weight excluding hydrogens is 436 g/mol. The van der Waals surface area contributed by atoms with Gasteiger partial charge in [-0.05, 0) is 37.5 Å². The number of piperazine rings is 1. The second kappa shape index (κ2) is 9.15. The van der Waals surface area contributed by atoms with Crippen LogP contribution in [-0.4, -0.2) is 60.9 Å². The molecule has 1 saturated carbocycles. The summed E-state index contributed by atoms with van der Waals surface area (Å²) in [7, 11) is 1.59. The van der Waals surface area contributed by atoms with Crippen molar-refractivity contribution in [3.05, 3.63) is 59.4 Å². The van der Waals surface area contributed by atoms with E-state index in [1.165, 1.54) is 6.42 Å². The molecule has 0 unspecified atom stereocenters. The van der Waals surface area contributed by atoms with Gasteiger partial charge in [-0.3, -0.25) is 9.69 Å². The summed E-state index contributed by atoms with van der Waals surface area (Å²) in [5, 5.41) is 6.43. The Morgan fingerprint density at radius 2 is 1.94 bits per heavy atom. The van der Waals surface area contributed by atoms with Crippen LogP contribution in [0.4, 0.5) is 11.4 Å². The smallest absolute Gasteiger partial charge is 0.269 e. The Labute approximate surface area is 199 Å². The fourth-order valence-corrected chi connectivity index (χ4v) is 5.46. The minimum absolute atomic E-state index is 0.229. The second-order valence-electron chi connectivity index (χ2n) is 8.89. The number of nitrogens with one attached hydrogen (secondary N) is 2. The highest BCUT2D eigenvalue weighted by Crippen LogP contribution is 2.36. The molecular formula is C25H29ClN6O. The Kier molecular flexibility index (Phi) is 6.08. The number of amidine groups is 1. The molecule has 1 aromatic heterocycles. The molecule has 3 aliphatic rings. The Balaban J connectivity index is 1.20. The van der Waals surface area contributed by atoms with Crippen molar-refractivity contribution in [3.8, 4) is 0 Å². The van der Waals surface area contributed by atoms with Gasteiger partial charge in [-0.1, -0.05) is 36.4 Å². The number of amides is 1. The number of fused-ring (bicyclic) bond motifs is 1. The molecule has 3 heterocycles. The predicted octanol–water partition coefficient (Wildman–Crippen LogP) is 3.69. The molecule has 1 saturated heterocycles. The summed E-state index contributed by atoms with van der Waals surface area (Å²) in [6, 6.07) is 12.4. The fourth-order valence-electron chi connectivity index (χ4n) is 5.18. The maximum atomic E-state index is 11.8. The van der Waals surface area contributed by atoms with Crippen molar-refractivity contribution in [2.75, 3.05) is 38.1 Å². The summed E-state index contributed by atoms with van der Waals surface area (Å²) in [6.07, 6.45) is 3.44. The number of hydrogen-bond donors (Lipinski definition) is 2. The van der Waals surface area contributed by atoms with Gasteiger partial charge in [-0.2, -0.15) is 0 Å². The van der Waals surface area contributed by atoms with Crippen LogP contribution in [0, 0.1) is 5.92 Å². The van der Waals surface area contributed by atoms with Gasteiger partial charge >= 0.3 is 0 Å². The molecule has 2 fully saturated rings. The van der Waals surface area contributed by atoms with Crippen molar-refractivity contribution in [2.45, 2.75) is 25.3 Å². The van der Waals surface area contributed by atoms with E-state index >= 15 is 0 Å². The first-order valence-corrected chi connectivity index (χ1v) is 11.9. The van der Waals surface area contributed by atoms with Gasteiger partial charge in [0.2, 0.25) is 0 Å². The van der Waals surface area contributed by atoms with Crippen LogP contribution < -0.4 is 15.5 Å². The first kappa shape index (κ1) is 21.9. The lowest BCUT2D eigenvalue weighted by atomic mass is 10.0. The SMILES string of the molecule is C=C1NC([C@@H]2CC[C@H](N3CCN(c4ccc(C(=O)NC)nc4Cl)CC3)C2)=Nc2ccccc21. The molecule has 0 radical (unpaired) electrons. The largest absolute Gasteiger partial charge is 0.366 e. The number of benzene rings is 1. The van der Waals surface area contributed by atoms with Crippen molar-refractivity contribution in [1.29, 1.82) is 0 Å². The van der Waals surface area contributed by atoms with Crippen LogP contribution >= 0.6 is 11.6 Å². The van der Waals surface area contributed by atoms with Gasteiger partial charge in [-0.15, -0.1) is 0 Å². The van der Waals surface area contributed by atoms with Crippen molar-refractivity contribution in [2.24, 2.45) is 10.9 Å². The van der Waals surface area contributed by atoms with Crippen molar-refractivity contribution < 1.29 is 4.79 Å². The average Bonchev–Trinajstić information content (AvgIpc) is 3.34. The highest BCUT2D eigenvalue weighted by molar-refractivity contribution is 6.32. The summed E-state index contributed by atoms with van der Waals surface area (Å²) >= 11 is 6.41. The minimum atomic E-state index is -0.229. The fraction of sp³-hybridized carbons (Fsp3) is 0.400. The van der Waals surface area contributed by atoms with Gasteiger partial charge in [0.15, 0.2) is 5.15 Å². The minimum Gasteiger partial charge on any atom is -0.366 e. The third-order valence-electron chi connectivity index (χ3n) is 7.00. The number of nitrogens with zero attached hydrogens (tertiary/aromatic N) is 4. The third kappa shape index (κ3) is 4.35. The summed E-state index contributed by atoms with van der Waals surface area (Å²) in [5.41, 5.74) is 4.28. The van der Waals surface area contributed by atoms with E-state index in [1.54, 1.807) is 13.1 Å². The van der Waals surface area contributed by atoms with E-state index in [-0.39, 0.29) is 5.91 Å².